The van der Waals surface area contributed by atoms with E-state index in [-0.39, 0.29) is 0 Å². The fourth-order valence-corrected chi connectivity index (χ4v) is 2.73. The Hall–Kier alpha value is -0.410. The van der Waals surface area contributed by atoms with Crippen molar-refractivity contribution in [2.45, 2.75) is 45.7 Å². The standard InChI is InChI=1S/C11H18N2S/c1-8-3-4-10(5-8)12-6-11-9(2)14-7-13-11/h7-8,10,12H,3-6H2,1-2H3. The number of hydrogen-bond donors (Lipinski definition) is 1. The van der Waals surface area contributed by atoms with Crippen molar-refractivity contribution < 1.29 is 0 Å². The van der Waals surface area contributed by atoms with E-state index in [0.717, 1.165) is 18.5 Å². The summed E-state index contributed by atoms with van der Waals surface area (Å²) in [5.41, 5.74) is 3.17. The zero-order valence-corrected chi connectivity index (χ0v) is 9.73. The molecule has 0 aromatic carbocycles. The van der Waals surface area contributed by atoms with Crippen LogP contribution in [-0.2, 0) is 6.54 Å². The minimum atomic E-state index is 0.728. The quantitative estimate of drug-likeness (QED) is 0.829. The van der Waals surface area contributed by atoms with Crippen molar-refractivity contribution in [2.75, 3.05) is 0 Å². The Morgan fingerprint density at radius 3 is 3.00 bits per heavy atom. The summed E-state index contributed by atoms with van der Waals surface area (Å²) in [6, 6.07) is 0.728. The molecule has 0 saturated heterocycles. The van der Waals surface area contributed by atoms with Crippen LogP contribution in [0.3, 0.4) is 0 Å². The van der Waals surface area contributed by atoms with Crippen molar-refractivity contribution >= 4 is 11.3 Å². The number of hydrogen-bond acceptors (Lipinski definition) is 3. The van der Waals surface area contributed by atoms with Crippen molar-refractivity contribution in [3.63, 3.8) is 0 Å². The SMILES string of the molecule is Cc1scnc1CNC1CCC(C)C1. The Labute approximate surface area is 89.8 Å². The van der Waals surface area contributed by atoms with Gasteiger partial charge in [0.05, 0.1) is 11.2 Å². The molecule has 2 unspecified atom stereocenters. The smallest absolute Gasteiger partial charge is 0.0798 e. The first-order valence-corrected chi connectivity index (χ1v) is 6.26. The number of nitrogens with zero attached hydrogens (tertiary/aromatic N) is 1. The third-order valence-electron chi connectivity index (χ3n) is 3.10. The second-order valence-corrected chi connectivity index (χ2v) is 5.41. The van der Waals surface area contributed by atoms with Gasteiger partial charge in [0, 0.05) is 17.5 Å². The van der Waals surface area contributed by atoms with E-state index < -0.39 is 0 Å². The number of aryl methyl sites for hydroxylation is 1. The van der Waals surface area contributed by atoms with Crippen LogP contribution in [-0.4, -0.2) is 11.0 Å². The molecule has 0 bridgehead atoms. The lowest BCUT2D eigenvalue weighted by molar-refractivity contribution is 0.498. The van der Waals surface area contributed by atoms with Crippen LogP contribution in [0.25, 0.3) is 0 Å². The van der Waals surface area contributed by atoms with E-state index in [9.17, 15) is 0 Å². The molecule has 1 N–H and O–H groups in total. The number of aromatic nitrogens is 1. The molecule has 2 rings (SSSR count). The molecule has 1 aromatic heterocycles. The van der Waals surface area contributed by atoms with Crippen LogP contribution in [0, 0.1) is 12.8 Å². The molecular formula is C11H18N2S. The summed E-state index contributed by atoms with van der Waals surface area (Å²) in [5, 5.41) is 3.60. The maximum absolute atomic E-state index is 4.35. The Balaban J connectivity index is 1.80. The van der Waals surface area contributed by atoms with Gasteiger partial charge in [-0.2, -0.15) is 0 Å². The summed E-state index contributed by atoms with van der Waals surface area (Å²) in [4.78, 5) is 5.70. The molecule has 1 aromatic rings. The minimum absolute atomic E-state index is 0.728. The fourth-order valence-electron chi connectivity index (χ4n) is 2.13. The van der Waals surface area contributed by atoms with Gasteiger partial charge in [0.1, 0.15) is 0 Å². The normalized spacial score (nSPS) is 27.0. The summed E-state index contributed by atoms with van der Waals surface area (Å²) in [5.74, 6) is 0.907. The van der Waals surface area contributed by atoms with Crippen molar-refractivity contribution in [3.05, 3.63) is 16.1 Å². The van der Waals surface area contributed by atoms with Gasteiger partial charge in [-0.1, -0.05) is 6.92 Å². The van der Waals surface area contributed by atoms with Crippen molar-refractivity contribution in [1.82, 2.24) is 10.3 Å². The Morgan fingerprint density at radius 2 is 2.43 bits per heavy atom. The van der Waals surface area contributed by atoms with Crippen LogP contribution in [0.15, 0.2) is 5.51 Å². The molecule has 2 nitrogen and oxygen atoms in total. The van der Waals surface area contributed by atoms with E-state index in [2.05, 4.69) is 24.1 Å². The third-order valence-corrected chi connectivity index (χ3v) is 3.90. The highest BCUT2D eigenvalue weighted by Gasteiger charge is 2.20. The Morgan fingerprint density at radius 1 is 1.57 bits per heavy atom. The lowest BCUT2D eigenvalue weighted by Crippen LogP contribution is -2.26. The molecule has 0 aliphatic heterocycles. The molecule has 1 aliphatic rings. The van der Waals surface area contributed by atoms with Gasteiger partial charge < -0.3 is 5.32 Å². The van der Waals surface area contributed by atoms with Crippen molar-refractivity contribution in [3.8, 4) is 0 Å². The molecule has 0 amide bonds. The molecule has 1 heterocycles. The summed E-state index contributed by atoms with van der Waals surface area (Å²) in [6.45, 7) is 5.44. The first kappa shape index (κ1) is 10.1. The summed E-state index contributed by atoms with van der Waals surface area (Å²) in [7, 11) is 0. The lowest BCUT2D eigenvalue weighted by Gasteiger charge is -2.11. The van der Waals surface area contributed by atoms with Crippen LogP contribution in [0.2, 0.25) is 0 Å². The molecular weight excluding hydrogens is 192 g/mol. The average molecular weight is 210 g/mol. The second-order valence-electron chi connectivity index (χ2n) is 4.35. The van der Waals surface area contributed by atoms with Crippen LogP contribution in [0.4, 0.5) is 0 Å². The molecule has 2 atom stereocenters. The molecule has 78 valence electrons. The molecule has 1 aliphatic carbocycles. The molecule has 0 spiro atoms. The van der Waals surface area contributed by atoms with Gasteiger partial charge in [-0.3, -0.25) is 0 Å². The van der Waals surface area contributed by atoms with Gasteiger partial charge in [0.25, 0.3) is 0 Å². The van der Waals surface area contributed by atoms with Gasteiger partial charge in [-0.25, -0.2) is 4.98 Å². The monoisotopic (exact) mass is 210 g/mol. The predicted molar refractivity (Wildman–Crippen MR) is 60.5 cm³/mol. The van der Waals surface area contributed by atoms with Crippen molar-refractivity contribution in [2.24, 2.45) is 5.92 Å². The highest BCUT2D eigenvalue weighted by molar-refractivity contribution is 7.09. The number of rotatable bonds is 3. The predicted octanol–water partition coefficient (Wildman–Crippen LogP) is 2.73. The fraction of sp³-hybridized carbons (Fsp3) is 0.727. The highest BCUT2D eigenvalue weighted by atomic mass is 32.1. The van der Waals surface area contributed by atoms with Gasteiger partial charge in [0.15, 0.2) is 0 Å². The van der Waals surface area contributed by atoms with E-state index in [1.54, 1.807) is 11.3 Å². The maximum Gasteiger partial charge on any atom is 0.0798 e. The minimum Gasteiger partial charge on any atom is -0.308 e. The van der Waals surface area contributed by atoms with E-state index in [4.69, 9.17) is 0 Å². The topological polar surface area (TPSA) is 24.9 Å². The largest absolute Gasteiger partial charge is 0.308 e. The van der Waals surface area contributed by atoms with Crippen molar-refractivity contribution in [1.29, 1.82) is 0 Å². The van der Waals surface area contributed by atoms with Gasteiger partial charge in [-0.15, -0.1) is 11.3 Å². The average Bonchev–Trinajstić information content (AvgIpc) is 2.72. The van der Waals surface area contributed by atoms with Gasteiger partial charge in [0.2, 0.25) is 0 Å². The lowest BCUT2D eigenvalue weighted by atomic mass is 10.1. The molecule has 14 heavy (non-hydrogen) atoms. The summed E-state index contributed by atoms with van der Waals surface area (Å²) in [6.07, 6.45) is 4.06. The first-order valence-electron chi connectivity index (χ1n) is 5.38. The molecule has 0 radical (unpaired) electrons. The molecule has 3 heteroatoms. The van der Waals surface area contributed by atoms with Crippen LogP contribution in [0.5, 0.6) is 0 Å². The zero-order valence-electron chi connectivity index (χ0n) is 8.92. The van der Waals surface area contributed by atoms with Gasteiger partial charge >= 0.3 is 0 Å². The van der Waals surface area contributed by atoms with E-state index >= 15 is 0 Å². The number of thiazole rings is 1. The second kappa shape index (κ2) is 4.41. The van der Waals surface area contributed by atoms with E-state index in [1.165, 1.54) is 29.8 Å². The molecule has 1 saturated carbocycles. The number of nitrogens with one attached hydrogen (secondary N) is 1. The summed E-state index contributed by atoms with van der Waals surface area (Å²) >= 11 is 1.74. The molecule has 1 fully saturated rings. The van der Waals surface area contributed by atoms with Crippen LogP contribution >= 0.6 is 11.3 Å². The van der Waals surface area contributed by atoms with E-state index in [0.29, 0.717) is 0 Å². The Bertz CT molecular complexity index is 295. The Kier molecular flexibility index (Phi) is 3.19. The summed E-state index contributed by atoms with van der Waals surface area (Å²) < 4.78 is 0. The van der Waals surface area contributed by atoms with E-state index in [1.807, 2.05) is 5.51 Å². The first-order chi connectivity index (χ1) is 6.75. The van der Waals surface area contributed by atoms with Crippen LogP contribution in [0.1, 0.15) is 36.8 Å². The highest BCUT2D eigenvalue weighted by Crippen LogP contribution is 2.25. The van der Waals surface area contributed by atoms with Crippen LogP contribution < -0.4 is 5.32 Å². The maximum atomic E-state index is 4.35. The zero-order chi connectivity index (χ0) is 9.97. The van der Waals surface area contributed by atoms with Gasteiger partial charge in [-0.05, 0) is 32.1 Å². The third kappa shape index (κ3) is 2.34.